The molecule has 25 heavy (non-hydrogen) atoms. The minimum atomic E-state index is -0.318. The number of benzene rings is 1. The average Bonchev–Trinajstić information content (AvgIpc) is 2.97. The number of carbonyl (C=O) groups is 1. The van der Waals surface area contributed by atoms with Crippen molar-refractivity contribution in [3.8, 4) is 5.75 Å². The van der Waals surface area contributed by atoms with Crippen molar-refractivity contribution >= 4 is 29.1 Å². The smallest absolute Gasteiger partial charge is 0.273 e. The molecule has 3 aromatic rings. The van der Waals surface area contributed by atoms with Crippen LogP contribution in [0.4, 0.5) is 5.69 Å². The van der Waals surface area contributed by atoms with Crippen LogP contribution in [0.5, 0.6) is 5.75 Å². The van der Waals surface area contributed by atoms with E-state index < -0.39 is 0 Å². The largest absolute Gasteiger partial charge is 0.492 e. The van der Waals surface area contributed by atoms with Crippen molar-refractivity contribution in [1.29, 1.82) is 0 Å². The first-order valence-corrected chi connectivity index (χ1v) is 8.54. The molecule has 10 heteroatoms. The van der Waals surface area contributed by atoms with Crippen molar-refractivity contribution in [1.82, 2.24) is 24.8 Å². The van der Waals surface area contributed by atoms with Crippen molar-refractivity contribution < 1.29 is 9.53 Å². The van der Waals surface area contributed by atoms with E-state index in [2.05, 4.69) is 25.6 Å². The van der Waals surface area contributed by atoms with E-state index in [-0.39, 0.29) is 23.0 Å². The Bertz CT molecular complexity index is 967. The predicted octanol–water partition coefficient (Wildman–Crippen LogP) is 1.25. The molecule has 0 bridgehead atoms. The summed E-state index contributed by atoms with van der Waals surface area (Å²) in [6.07, 6.45) is 0. The monoisotopic (exact) mass is 360 g/mol. The van der Waals surface area contributed by atoms with Gasteiger partial charge in [0.1, 0.15) is 11.4 Å². The Morgan fingerprint density at radius 1 is 1.36 bits per heavy atom. The lowest BCUT2D eigenvalue weighted by Crippen LogP contribution is -2.17. The number of carbonyl (C=O) groups excluding carboxylic acids is 1. The lowest BCUT2D eigenvalue weighted by Gasteiger charge is -2.10. The molecule has 0 radical (unpaired) electrons. The van der Waals surface area contributed by atoms with E-state index in [1.165, 1.54) is 16.3 Å². The van der Waals surface area contributed by atoms with Gasteiger partial charge in [0.05, 0.1) is 18.0 Å². The number of nitrogens with zero attached hydrogens (tertiary/aromatic N) is 4. The van der Waals surface area contributed by atoms with Gasteiger partial charge in [-0.15, -0.1) is 10.2 Å². The summed E-state index contributed by atoms with van der Waals surface area (Å²) >= 11 is 1.17. The highest BCUT2D eigenvalue weighted by Gasteiger charge is 2.13. The number of aryl methyl sites for hydroxylation is 1. The molecule has 0 unspecified atom stereocenters. The molecule has 1 amide bonds. The summed E-state index contributed by atoms with van der Waals surface area (Å²) < 4.78 is 6.88. The lowest BCUT2D eigenvalue weighted by atomic mass is 10.3. The molecule has 2 N–H and O–H groups in total. The maximum Gasteiger partial charge on any atom is 0.273 e. The van der Waals surface area contributed by atoms with Crippen LogP contribution in [0.3, 0.4) is 0 Å². The molecule has 0 atom stereocenters. The summed E-state index contributed by atoms with van der Waals surface area (Å²) in [5.41, 5.74) is 0.588. The van der Waals surface area contributed by atoms with Gasteiger partial charge in [-0.1, -0.05) is 23.9 Å². The second kappa shape index (κ2) is 7.34. The number of fused-ring (bicyclic) bond motifs is 1. The van der Waals surface area contributed by atoms with E-state index in [4.69, 9.17) is 4.74 Å². The van der Waals surface area contributed by atoms with Crippen LogP contribution in [0.2, 0.25) is 0 Å². The van der Waals surface area contributed by atoms with E-state index in [0.717, 1.165) is 0 Å². The van der Waals surface area contributed by atoms with Crippen LogP contribution in [0.15, 0.2) is 34.2 Å². The van der Waals surface area contributed by atoms with Crippen LogP contribution in [-0.2, 0) is 4.79 Å². The second-order valence-corrected chi connectivity index (χ2v) is 5.97. The number of aromatic amines is 1. The quantitative estimate of drug-likeness (QED) is 0.636. The first-order valence-electron chi connectivity index (χ1n) is 7.55. The van der Waals surface area contributed by atoms with Crippen LogP contribution in [-0.4, -0.2) is 43.1 Å². The molecule has 130 valence electrons. The number of thioether (sulfide) groups is 1. The lowest BCUT2D eigenvalue weighted by molar-refractivity contribution is -0.113. The third kappa shape index (κ3) is 3.79. The Balaban J connectivity index is 1.69. The molecule has 0 aliphatic carbocycles. The molecule has 0 spiro atoms. The first-order chi connectivity index (χ1) is 12.1. The Hall–Kier alpha value is -2.88. The molecule has 9 nitrogen and oxygen atoms in total. The minimum absolute atomic E-state index is 0.112. The fourth-order valence-corrected chi connectivity index (χ4v) is 2.76. The van der Waals surface area contributed by atoms with Gasteiger partial charge in [0, 0.05) is 0 Å². The fourth-order valence-electron chi connectivity index (χ4n) is 2.08. The highest BCUT2D eigenvalue weighted by molar-refractivity contribution is 7.99. The molecule has 0 fully saturated rings. The maximum absolute atomic E-state index is 12.2. The number of hydrogen-bond donors (Lipinski definition) is 2. The summed E-state index contributed by atoms with van der Waals surface area (Å²) in [6, 6.07) is 7.23. The number of rotatable bonds is 6. The van der Waals surface area contributed by atoms with E-state index in [1.807, 2.05) is 19.1 Å². The number of ether oxygens (including phenoxy) is 1. The van der Waals surface area contributed by atoms with Crippen LogP contribution in [0, 0.1) is 6.92 Å². The van der Waals surface area contributed by atoms with Crippen LogP contribution in [0.1, 0.15) is 12.6 Å². The van der Waals surface area contributed by atoms with Crippen LogP contribution < -0.4 is 15.6 Å². The number of amides is 1. The van der Waals surface area contributed by atoms with Gasteiger partial charge in [-0.3, -0.25) is 14.6 Å². The second-order valence-electron chi connectivity index (χ2n) is 5.02. The van der Waals surface area contributed by atoms with Crippen LogP contribution in [0.25, 0.3) is 5.78 Å². The topological polar surface area (TPSA) is 114 Å². The average molecular weight is 360 g/mol. The van der Waals surface area contributed by atoms with Crippen molar-refractivity contribution in [2.45, 2.75) is 19.0 Å². The molecule has 1 aromatic carbocycles. The van der Waals surface area contributed by atoms with Crippen molar-refractivity contribution in [3.05, 3.63) is 40.3 Å². The van der Waals surface area contributed by atoms with Gasteiger partial charge < -0.3 is 10.1 Å². The molecule has 0 aliphatic heterocycles. The summed E-state index contributed by atoms with van der Waals surface area (Å²) in [7, 11) is 0. The van der Waals surface area contributed by atoms with Gasteiger partial charge in [0.2, 0.25) is 11.1 Å². The van der Waals surface area contributed by atoms with E-state index >= 15 is 0 Å². The van der Waals surface area contributed by atoms with Gasteiger partial charge in [-0.2, -0.15) is 9.61 Å². The van der Waals surface area contributed by atoms with Gasteiger partial charge in [0.25, 0.3) is 11.3 Å². The third-order valence-corrected chi connectivity index (χ3v) is 4.13. The standard InChI is InChI=1S/C15H16N6O3S/c1-3-24-11-7-5-4-6-10(11)16-12(22)8-25-15-19-18-14-17-13(23)9(2)20-21(14)15/h4-7H,3,8H2,1-2H3,(H,16,22)(H,17,18,23). The number of anilines is 1. The zero-order valence-electron chi connectivity index (χ0n) is 13.6. The number of aromatic nitrogens is 5. The first kappa shape index (κ1) is 17.0. The van der Waals surface area contributed by atoms with Crippen LogP contribution >= 0.6 is 11.8 Å². The van der Waals surface area contributed by atoms with Gasteiger partial charge in [0.15, 0.2) is 0 Å². The maximum atomic E-state index is 12.2. The Morgan fingerprint density at radius 2 is 2.16 bits per heavy atom. The number of nitrogens with one attached hydrogen (secondary N) is 2. The SMILES string of the molecule is CCOc1ccccc1NC(=O)CSc1nnc2[nH]c(=O)c(C)nn12. The molecule has 2 heterocycles. The summed E-state index contributed by atoms with van der Waals surface area (Å²) in [5, 5.41) is 15.1. The van der Waals surface area contributed by atoms with Crippen molar-refractivity contribution in [2.24, 2.45) is 0 Å². The molecule has 0 saturated carbocycles. The zero-order valence-corrected chi connectivity index (χ0v) is 14.5. The number of para-hydroxylation sites is 2. The number of H-pyrrole nitrogens is 1. The molecule has 0 aliphatic rings. The molecule has 2 aromatic heterocycles. The van der Waals surface area contributed by atoms with Gasteiger partial charge in [-0.25, -0.2) is 0 Å². The zero-order chi connectivity index (χ0) is 17.8. The molecule has 0 saturated heterocycles. The Labute approximate surface area is 146 Å². The van der Waals surface area contributed by atoms with E-state index in [0.29, 0.717) is 28.9 Å². The van der Waals surface area contributed by atoms with Crippen molar-refractivity contribution in [2.75, 3.05) is 17.7 Å². The normalized spacial score (nSPS) is 10.8. The van der Waals surface area contributed by atoms with E-state index in [9.17, 15) is 9.59 Å². The fraction of sp³-hybridized carbons (Fsp3) is 0.267. The molecule has 3 rings (SSSR count). The molecular formula is C15H16N6O3S. The highest BCUT2D eigenvalue weighted by atomic mass is 32.2. The summed E-state index contributed by atoms with van der Waals surface area (Å²) in [5.74, 6) is 0.752. The van der Waals surface area contributed by atoms with Gasteiger partial charge >= 0.3 is 0 Å². The number of hydrogen-bond acceptors (Lipinski definition) is 7. The molecular weight excluding hydrogens is 344 g/mol. The summed E-state index contributed by atoms with van der Waals surface area (Å²) in [4.78, 5) is 26.3. The Kier molecular flexibility index (Phi) is 4.98. The third-order valence-electron chi connectivity index (χ3n) is 3.21. The van der Waals surface area contributed by atoms with Crippen molar-refractivity contribution in [3.63, 3.8) is 0 Å². The van der Waals surface area contributed by atoms with E-state index in [1.54, 1.807) is 19.1 Å². The summed E-state index contributed by atoms with van der Waals surface area (Å²) in [6.45, 7) is 3.98. The predicted molar refractivity (Wildman–Crippen MR) is 93.1 cm³/mol. The van der Waals surface area contributed by atoms with Gasteiger partial charge in [-0.05, 0) is 26.0 Å². The highest BCUT2D eigenvalue weighted by Crippen LogP contribution is 2.24. The Morgan fingerprint density at radius 3 is 2.96 bits per heavy atom. The minimum Gasteiger partial charge on any atom is -0.492 e.